The molecule has 0 saturated carbocycles. The van der Waals surface area contributed by atoms with Crippen LogP contribution >= 0.6 is 0 Å². The van der Waals surface area contributed by atoms with Gasteiger partial charge >= 0.3 is 0 Å². The van der Waals surface area contributed by atoms with Gasteiger partial charge in [-0.05, 0) is 0 Å². The number of nitrogens with two attached hydrogens (primary N) is 1. The van der Waals surface area contributed by atoms with Gasteiger partial charge < -0.3 is 20.5 Å². The lowest BCUT2D eigenvalue weighted by Crippen LogP contribution is -2.39. The van der Waals surface area contributed by atoms with Crippen molar-refractivity contribution < 1.29 is 9.47 Å². The lowest BCUT2D eigenvalue weighted by Gasteiger charge is -2.26. The number of nitrogen functional groups attached to an aromatic ring is 1. The molecule has 16 heavy (non-hydrogen) atoms. The Morgan fingerprint density at radius 3 is 3.12 bits per heavy atom. The van der Waals surface area contributed by atoms with Crippen LogP contribution < -0.4 is 11.1 Å². The van der Waals surface area contributed by atoms with Gasteiger partial charge in [-0.1, -0.05) is 0 Å². The third kappa shape index (κ3) is 2.40. The normalized spacial score (nSPS) is 24.6. The van der Waals surface area contributed by atoms with Gasteiger partial charge in [0, 0.05) is 26.7 Å². The van der Waals surface area contributed by atoms with Crippen LogP contribution in [0.4, 0.5) is 11.6 Å². The predicted molar refractivity (Wildman–Crippen MR) is 60.1 cm³/mol. The fraction of sp³-hybridized carbons (Fsp3) is 0.600. The molecule has 1 aromatic heterocycles. The van der Waals surface area contributed by atoms with E-state index < -0.39 is 0 Å². The highest BCUT2D eigenvalue weighted by molar-refractivity contribution is 5.38. The first-order valence-electron chi connectivity index (χ1n) is 5.18. The first-order valence-corrected chi connectivity index (χ1v) is 5.18. The van der Waals surface area contributed by atoms with Crippen LogP contribution in [0.1, 0.15) is 6.42 Å². The van der Waals surface area contributed by atoms with Gasteiger partial charge in [-0.15, -0.1) is 0 Å². The quantitative estimate of drug-likeness (QED) is 0.764. The lowest BCUT2D eigenvalue weighted by atomic mass is 10.0. The van der Waals surface area contributed by atoms with Crippen molar-refractivity contribution in [1.82, 2.24) is 9.97 Å². The summed E-state index contributed by atoms with van der Waals surface area (Å²) in [5, 5.41) is 3.16. The van der Waals surface area contributed by atoms with Crippen LogP contribution in [0.15, 0.2) is 12.4 Å². The maximum atomic E-state index is 5.54. The maximum absolute atomic E-state index is 5.54. The van der Waals surface area contributed by atoms with Gasteiger partial charge in [-0.3, -0.25) is 4.98 Å². The molecule has 1 aliphatic rings. The van der Waals surface area contributed by atoms with Gasteiger partial charge in [0.15, 0.2) is 0 Å². The average Bonchev–Trinajstić information content (AvgIpc) is 2.76. The average molecular weight is 224 g/mol. The van der Waals surface area contributed by atoms with E-state index in [2.05, 4.69) is 15.3 Å². The van der Waals surface area contributed by atoms with Crippen LogP contribution in [0.2, 0.25) is 0 Å². The Kier molecular flexibility index (Phi) is 3.21. The molecule has 88 valence electrons. The molecular weight excluding hydrogens is 208 g/mol. The molecule has 1 aromatic rings. The lowest BCUT2D eigenvalue weighted by molar-refractivity contribution is -0.00625. The van der Waals surface area contributed by atoms with E-state index >= 15 is 0 Å². The van der Waals surface area contributed by atoms with E-state index in [4.69, 9.17) is 15.2 Å². The van der Waals surface area contributed by atoms with E-state index in [1.807, 2.05) is 0 Å². The van der Waals surface area contributed by atoms with Gasteiger partial charge in [-0.25, -0.2) is 4.98 Å². The van der Waals surface area contributed by atoms with Gasteiger partial charge in [0.05, 0.1) is 19.0 Å². The van der Waals surface area contributed by atoms with Crippen molar-refractivity contribution in [2.45, 2.75) is 12.0 Å². The van der Waals surface area contributed by atoms with Crippen molar-refractivity contribution in [2.24, 2.45) is 0 Å². The minimum absolute atomic E-state index is 0.258. The molecule has 6 nitrogen and oxygen atoms in total. The van der Waals surface area contributed by atoms with Crippen LogP contribution in [0.5, 0.6) is 0 Å². The summed E-state index contributed by atoms with van der Waals surface area (Å²) in [5.41, 5.74) is 5.28. The molecule has 1 unspecified atom stereocenters. The third-order valence-corrected chi connectivity index (χ3v) is 2.74. The smallest absolute Gasteiger partial charge is 0.147 e. The van der Waals surface area contributed by atoms with E-state index in [0.717, 1.165) is 13.0 Å². The molecule has 2 heterocycles. The Bertz CT molecular complexity index is 352. The number of hydrogen-bond acceptors (Lipinski definition) is 6. The number of nitrogens with one attached hydrogen (secondary N) is 1. The second-order valence-corrected chi connectivity index (χ2v) is 3.87. The number of rotatable bonds is 4. The number of aromatic nitrogens is 2. The fourth-order valence-corrected chi connectivity index (χ4v) is 1.68. The van der Waals surface area contributed by atoms with Crippen molar-refractivity contribution in [3.05, 3.63) is 12.4 Å². The first kappa shape index (κ1) is 11.1. The Hall–Kier alpha value is -1.40. The largest absolute Gasteiger partial charge is 0.382 e. The molecule has 0 spiro atoms. The van der Waals surface area contributed by atoms with Crippen LogP contribution in [0, 0.1) is 0 Å². The molecule has 1 saturated heterocycles. The van der Waals surface area contributed by atoms with Crippen molar-refractivity contribution >= 4 is 11.6 Å². The monoisotopic (exact) mass is 224 g/mol. The van der Waals surface area contributed by atoms with E-state index in [1.165, 1.54) is 6.20 Å². The minimum Gasteiger partial charge on any atom is -0.382 e. The van der Waals surface area contributed by atoms with Gasteiger partial charge in [0.1, 0.15) is 17.2 Å². The number of ether oxygens (including phenoxy) is 2. The second kappa shape index (κ2) is 4.63. The summed E-state index contributed by atoms with van der Waals surface area (Å²) in [4.78, 5) is 8.06. The predicted octanol–water partition coefficient (Wildman–Crippen LogP) is 0.276. The van der Waals surface area contributed by atoms with E-state index in [-0.39, 0.29) is 5.60 Å². The molecule has 3 N–H and O–H groups in total. The minimum atomic E-state index is -0.258. The third-order valence-electron chi connectivity index (χ3n) is 2.74. The zero-order valence-electron chi connectivity index (χ0n) is 9.27. The van der Waals surface area contributed by atoms with E-state index in [9.17, 15) is 0 Å². The maximum Gasteiger partial charge on any atom is 0.147 e. The molecule has 0 aromatic carbocycles. The zero-order valence-corrected chi connectivity index (χ0v) is 9.27. The highest BCUT2D eigenvalue weighted by Crippen LogP contribution is 2.22. The van der Waals surface area contributed by atoms with Crippen molar-refractivity contribution in [3.63, 3.8) is 0 Å². The highest BCUT2D eigenvalue weighted by Gasteiger charge is 2.34. The van der Waals surface area contributed by atoms with Gasteiger partial charge in [0.2, 0.25) is 0 Å². The van der Waals surface area contributed by atoms with Crippen LogP contribution in [0.3, 0.4) is 0 Å². The fourth-order valence-electron chi connectivity index (χ4n) is 1.68. The Morgan fingerprint density at radius 2 is 2.50 bits per heavy atom. The SMILES string of the molecule is COC1(CNc2cncc(N)n2)CCOC1. The molecule has 2 rings (SSSR count). The Labute approximate surface area is 94.2 Å². The standard InChI is InChI=1S/C10H16N4O2/c1-15-10(2-3-16-7-10)6-13-9-5-12-4-8(11)14-9/h4-5H,2-3,6-7H2,1H3,(H3,11,13,14). The second-order valence-electron chi connectivity index (χ2n) is 3.87. The van der Waals surface area contributed by atoms with E-state index in [0.29, 0.717) is 24.8 Å². The number of anilines is 2. The molecule has 0 bridgehead atoms. The molecule has 1 atom stereocenters. The zero-order chi connectivity index (χ0) is 11.4. The summed E-state index contributed by atoms with van der Waals surface area (Å²) in [7, 11) is 1.70. The molecule has 0 radical (unpaired) electrons. The summed E-state index contributed by atoms with van der Waals surface area (Å²) in [6, 6.07) is 0. The number of methoxy groups -OCH3 is 1. The highest BCUT2D eigenvalue weighted by atomic mass is 16.5. The van der Waals surface area contributed by atoms with Crippen LogP contribution in [-0.4, -0.2) is 42.4 Å². The van der Waals surface area contributed by atoms with E-state index in [1.54, 1.807) is 13.3 Å². The molecule has 6 heteroatoms. The molecule has 1 aliphatic heterocycles. The Balaban J connectivity index is 1.95. The van der Waals surface area contributed by atoms with Crippen molar-refractivity contribution in [2.75, 3.05) is 37.9 Å². The van der Waals surface area contributed by atoms with Crippen LogP contribution in [-0.2, 0) is 9.47 Å². The number of hydrogen-bond donors (Lipinski definition) is 2. The first-order chi connectivity index (χ1) is 7.74. The Morgan fingerprint density at radius 1 is 1.62 bits per heavy atom. The van der Waals surface area contributed by atoms with Crippen molar-refractivity contribution in [3.8, 4) is 0 Å². The van der Waals surface area contributed by atoms with Gasteiger partial charge in [0.25, 0.3) is 0 Å². The molecule has 0 aliphatic carbocycles. The molecular formula is C10H16N4O2. The summed E-state index contributed by atoms with van der Waals surface area (Å²) in [6.07, 6.45) is 4.03. The molecule has 0 amide bonds. The summed E-state index contributed by atoms with van der Waals surface area (Å²) >= 11 is 0. The molecule has 1 fully saturated rings. The van der Waals surface area contributed by atoms with Crippen LogP contribution in [0.25, 0.3) is 0 Å². The summed E-state index contributed by atoms with van der Waals surface area (Å²) < 4.78 is 10.8. The topological polar surface area (TPSA) is 82.3 Å². The summed E-state index contributed by atoms with van der Waals surface area (Å²) in [6.45, 7) is 1.98. The van der Waals surface area contributed by atoms with Gasteiger partial charge in [-0.2, -0.15) is 0 Å². The summed E-state index contributed by atoms with van der Waals surface area (Å²) in [5.74, 6) is 1.06. The van der Waals surface area contributed by atoms with Crippen molar-refractivity contribution in [1.29, 1.82) is 0 Å². The number of nitrogens with zero attached hydrogens (tertiary/aromatic N) is 2.